The molecular weight excluding hydrogens is 258 g/mol. The van der Waals surface area contributed by atoms with Crippen molar-refractivity contribution in [2.75, 3.05) is 4.90 Å². The number of rotatable bonds is 1. The number of hydrogen-bond acceptors (Lipinski definition) is 2. The lowest BCUT2D eigenvalue weighted by atomic mass is 9.48. The number of benzene rings is 1. The highest BCUT2D eigenvalue weighted by Crippen LogP contribution is 2.66. The van der Waals surface area contributed by atoms with Gasteiger partial charge in [0, 0.05) is 28.3 Å². The third kappa shape index (κ3) is 1.14. The van der Waals surface area contributed by atoms with Crippen LogP contribution in [0.3, 0.4) is 0 Å². The van der Waals surface area contributed by atoms with Crippen LogP contribution in [0.15, 0.2) is 41.2 Å². The molecule has 6 aliphatic rings. The molecule has 0 radical (unpaired) electrons. The fourth-order valence-electron chi connectivity index (χ4n) is 5.60. The lowest BCUT2D eigenvalue weighted by Crippen LogP contribution is -2.71. The molecule has 2 aromatic rings. The van der Waals surface area contributed by atoms with E-state index >= 15 is 0 Å². The van der Waals surface area contributed by atoms with E-state index in [2.05, 4.69) is 43.0 Å². The van der Waals surface area contributed by atoms with Gasteiger partial charge in [0.15, 0.2) is 0 Å². The molecule has 0 N–H and O–H groups in total. The summed E-state index contributed by atoms with van der Waals surface area (Å²) in [6.45, 7) is 4.66. The maximum absolute atomic E-state index is 5.65. The molecule has 1 aromatic carbocycles. The normalized spacial score (nSPS) is 36.1. The second-order valence-electron chi connectivity index (χ2n) is 7.22. The number of hydrogen-bond donors (Lipinski definition) is 0. The second kappa shape index (κ2) is 3.55. The summed E-state index contributed by atoms with van der Waals surface area (Å²) in [4.78, 5) is 2.73. The molecule has 2 saturated heterocycles. The molecule has 3 aliphatic carbocycles. The summed E-state index contributed by atoms with van der Waals surface area (Å²) in [6, 6.07) is 9.42. The predicted octanol–water partition coefficient (Wildman–Crippen LogP) is 4.52. The zero-order valence-electron chi connectivity index (χ0n) is 12.7. The molecule has 1 saturated carbocycles. The lowest BCUT2D eigenvalue weighted by Gasteiger charge is -2.69. The largest absolute Gasteiger partial charge is 0.472 e. The maximum Gasteiger partial charge on any atom is 0.0961 e. The zero-order chi connectivity index (χ0) is 14.2. The SMILES string of the molecule is Cc1ccccc1N1[C@@H](C)C23CCC1(CC2)c1cocc13. The smallest absolute Gasteiger partial charge is 0.0961 e. The number of nitrogens with zero attached hydrogens (tertiary/aromatic N) is 1. The van der Waals surface area contributed by atoms with Crippen LogP contribution < -0.4 is 4.90 Å². The van der Waals surface area contributed by atoms with Gasteiger partial charge >= 0.3 is 0 Å². The molecule has 2 heteroatoms. The summed E-state index contributed by atoms with van der Waals surface area (Å²) in [5.74, 6) is 0. The van der Waals surface area contributed by atoms with E-state index in [0.717, 1.165) is 0 Å². The highest BCUT2D eigenvalue weighted by atomic mass is 16.3. The highest BCUT2D eigenvalue weighted by molar-refractivity contribution is 5.65. The summed E-state index contributed by atoms with van der Waals surface area (Å²) in [5, 5.41) is 0. The highest BCUT2D eigenvalue weighted by Gasteiger charge is 2.65. The van der Waals surface area contributed by atoms with Gasteiger partial charge in [-0.2, -0.15) is 0 Å². The zero-order valence-corrected chi connectivity index (χ0v) is 12.7. The molecule has 0 spiro atoms. The molecule has 2 nitrogen and oxygen atoms in total. The van der Waals surface area contributed by atoms with E-state index in [1.54, 1.807) is 0 Å². The summed E-state index contributed by atoms with van der Waals surface area (Å²) in [6.07, 6.45) is 9.26. The standard InChI is InChI=1S/C19H21NO/c1-13-5-3-4-6-17(13)20-14(2)18-7-9-19(20,10-8-18)16-12-21-11-15(16)18/h3-6,11-12,14H,7-10H2,1-2H3/t14-,18?,19?/m0/s1. The summed E-state index contributed by atoms with van der Waals surface area (Å²) in [5.41, 5.74) is 6.27. The minimum absolute atomic E-state index is 0.174. The Morgan fingerprint density at radius 3 is 2.52 bits per heavy atom. The Labute approximate surface area is 125 Å². The van der Waals surface area contributed by atoms with Gasteiger partial charge in [-0.05, 0) is 51.2 Å². The summed E-state index contributed by atoms with van der Waals surface area (Å²) < 4.78 is 5.65. The summed E-state index contributed by atoms with van der Waals surface area (Å²) in [7, 11) is 0. The van der Waals surface area contributed by atoms with Crippen LogP contribution in [0.5, 0.6) is 0 Å². The van der Waals surface area contributed by atoms with Crippen LogP contribution in [0.25, 0.3) is 0 Å². The van der Waals surface area contributed by atoms with Crippen LogP contribution in [0.1, 0.15) is 49.3 Å². The Balaban J connectivity index is 1.80. The molecule has 108 valence electrons. The molecule has 1 aromatic heterocycles. The number of anilines is 1. The van der Waals surface area contributed by atoms with Gasteiger partial charge in [-0.3, -0.25) is 0 Å². The molecule has 0 amide bonds. The third-order valence-corrected chi connectivity index (χ3v) is 6.69. The topological polar surface area (TPSA) is 16.4 Å². The van der Waals surface area contributed by atoms with Crippen molar-refractivity contribution in [2.45, 2.75) is 56.5 Å². The van der Waals surface area contributed by atoms with Gasteiger partial charge < -0.3 is 9.32 Å². The average Bonchev–Trinajstić information content (AvgIpc) is 3.02. The minimum atomic E-state index is 0.174. The van der Waals surface area contributed by atoms with E-state index in [-0.39, 0.29) is 5.54 Å². The maximum atomic E-state index is 5.65. The van der Waals surface area contributed by atoms with Gasteiger partial charge in [0.1, 0.15) is 0 Å². The first-order valence-electron chi connectivity index (χ1n) is 8.11. The fraction of sp³-hybridized carbons (Fsp3) is 0.474. The van der Waals surface area contributed by atoms with Crippen LogP contribution in [0, 0.1) is 6.92 Å². The molecule has 0 unspecified atom stereocenters. The van der Waals surface area contributed by atoms with Crippen LogP contribution in [-0.2, 0) is 11.0 Å². The number of para-hydroxylation sites is 1. The van der Waals surface area contributed by atoms with Crippen LogP contribution in [-0.4, -0.2) is 6.04 Å². The number of piperidine rings is 2. The average molecular weight is 279 g/mol. The van der Waals surface area contributed by atoms with E-state index in [4.69, 9.17) is 4.42 Å². The van der Waals surface area contributed by atoms with E-state index in [1.165, 1.54) is 48.1 Å². The Morgan fingerprint density at radius 1 is 1.05 bits per heavy atom. The Hall–Kier alpha value is -1.70. The Bertz CT molecular complexity index is 721. The van der Waals surface area contributed by atoms with Crippen molar-refractivity contribution in [3.05, 3.63) is 53.5 Å². The third-order valence-electron chi connectivity index (χ3n) is 6.69. The first kappa shape index (κ1) is 11.9. The molecule has 8 rings (SSSR count). The lowest BCUT2D eigenvalue weighted by molar-refractivity contribution is 0.0565. The number of furan rings is 1. The Kier molecular flexibility index (Phi) is 2.01. The van der Waals surface area contributed by atoms with Crippen LogP contribution in [0.2, 0.25) is 0 Å². The van der Waals surface area contributed by atoms with Gasteiger partial charge in [-0.15, -0.1) is 0 Å². The predicted molar refractivity (Wildman–Crippen MR) is 83.7 cm³/mol. The van der Waals surface area contributed by atoms with Gasteiger partial charge in [0.25, 0.3) is 0 Å². The van der Waals surface area contributed by atoms with Gasteiger partial charge in [-0.1, -0.05) is 18.2 Å². The van der Waals surface area contributed by atoms with Gasteiger partial charge in [-0.25, -0.2) is 0 Å². The second-order valence-corrected chi connectivity index (χ2v) is 7.22. The van der Waals surface area contributed by atoms with Crippen molar-refractivity contribution in [1.82, 2.24) is 0 Å². The van der Waals surface area contributed by atoms with Crippen molar-refractivity contribution in [3.63, 3.8) is 0 Å². The molecule has 21 heavy (non-hydrogen) atoms. The minimum Gasteiger partial charge on any atom is -0.472 e. The summed E-state index contributed by atoms with van der Waals surface area (Å²) >= 11 is 0. The first-order chi connectivity index (χ1) is 10.2. The van der Waals surface area contributed by atoms with Crippen LogP contribution in [0.4, 0.5) is 5.69 Å². The fourth-order valence-corrected chi connectivity index (χ4v) is 5.60. The van der Waals surface area contributed by atoms with Crippen molar-refractivity contribution in [2.24, 2.45) is 0 Å². The molecule has 4 heterocycles. The monoisotopic (exact) mass is 279 g/mol. The van der Waals surface area contributed by atoms with Gasteiger partial charge in [0.05, 0.1) is 18.1 Å². The van der Waals surface area contributed by atoms with E-state index in [9.17, 15) is 0 Å². The molecule has 3 aliphatic heterocycles. The van der Waals surface area contributed by atoms with E-state index in [0.29, 0.717) is 11.5 Å². The van der Waals surface area contributed by atoms with Crippen LogP contribution >= 0.6 is 0 Å². The molecule has 2 bridgehead atoms. The molecule has 3 fully saturated rings. The molecular formula is C19H21NO. The van der Waals surface area contributed by atoms with E-state index in [1.807, 2.05) is 12.5 Å². The quantitative estimate of drug-likeness (QED) is 0.763. The van der Waals surface area contributed by atoms with Crippen molar-refractivity contribution in [1.29, 1.82) is 0 Å². The van der Waals surface area contributed by atoms with Gasteiger partial charge in [0.2, 0.25) is 0 Å². The molecule has 1 atom stereocenters. The number of aryl methyl sites for hydroxylation is 1. The first-order valence-corrected chi connectivity index (χ1v) is 8.11. The Morgan fingerprint density at radius 2 is 1.76 bits per heavy atom. The van der Waals surface area contributed by atoms with E-state index < -0.39 is 0 Å². The van der Waals surface area contributed by atoms with Crippen molar-refractivity contribution in [3.8, 4) is 0 Å². The van der Waals surface area contributed by atoms with Crippen molar-refractivity contribution < 1.29 is 4.42 Å². The van der Waals surface area contributed by atoms with Crippen molar-refractivity contribution >= 4 is 5.69 Å².